The zero-order valence-electron chi connectivity index (χ0n) is 15.3. The van der Waals surface area contributed by atoms with Crippen molar-refractivity contribution in [3.8, 4) is 11.5 Å². The standard InChI is InChI=1S/C18H21N3O5S/c1-20-16-8-7-15(12-17(16)21(2)18(20)22)27(23,24)19-9-10-26-14-6-4-5-13(11-14)25-3/h4-8,11-12,19H,9-10H2,1-3H3. The molecule has 0 bridgehead atoms. The lowest BCUT2D eigenvalue weighted by molar-refractivity contribution is 0.320. The monoisotopic (exact) mass is 391 g/mol. The molecule has 8 nitrogen and oxygen atoms in total. The van der Waals surface area contributed by atoms with E-state index in [4.69, 9.17) is 9.47 Å². The molecular formula is C18H21N3O5S. The molecule has 1 aromatic heterocycles. The van der Waals surface area contributed by atoms with E-state index in [1.54, 1.807) is 51.5 Å². The number of nitrogens with zero attached hydrogens (tertiary/aromatic N) is 2. The Morgan fingerprint density at radius 2 is 1.70 bits per heavy atom. The van der Waals surface area contributed by atoms with E-state index in [-0.39, 0.29) is 23.7 Å². The average molecular weight is 391 g/mol. The van der Waals surface area contributed by atoms with E-state index in [1.807, 2.05) is 0 Å². The van der Waals surface area contributed by atoms with Crippen LogP contribution < -0.4 is 19.9 Å². The summed E-state index contributed by atoms with van der Waals surface area (Å²) in [7, 11) is 1.10. The Kier molecular flexibility index (Phi) is 5.24. The van der Waals surface area contributed by atoms with Gasteiger partial charge >= 0.3 is 5.69 Å². The third-order valence-corrected chi connectivity index (χ3v) is 5.72. The van der Waals surface area contributed by atoms with Crippen molar-refractivity contribution in [3.63, 3.8) is 0 Å². The minimum Gasteiger partial charge on any atom is -0.497 e. The highest BCUT2D eigenvalue weighted by Crippen LogP contribution is 2.19. The predicted octanol–water partition coefficient (Wildman–Crippen LogP) is 1.24. The number of nitrogens with one attached hydrogen (secondary N) is 1. The summed E-state index contributed by atoms with van der Waals surface area (Å²) in [5, 5.41) is 0. The Bertz CT molecular complexity index is 1130. The van der Waals surface area contributed by atoms with E-state index in [0.717, 1.165) is 0 Å². The van der Waals surface area contributed by atoms with E-state index < -0.39 is 10.0 Å². The van der Waals surface area contributed by atoms with Crippen molar-refractivity contribution in [1.82, 2.24) is 13.9 Å². The van der Waals surface area contributed by atoms with Crippen molar-refractivity contribution < 1.29 is 17.9 Å². The summed E-state index contributed by atoms with van der Waals surface area (Å²) in [5.74, 6) is 1.25. The zero-order valence-corrected chi connectivity index (χ0v) is 16.1. The van der Waals surface area contributed by atoms with Crippen molar-refractivity contribution in [2.75, 3.05) is 20.3 Å². The number of imidazole rings is 1. The van der Waals surface area contributed by atoms with Crippen molar-refractivity contribution in [3.05, 3.63) is 52.9 Å². The van der Waals surface area contributed by atoms with Crippen LogP contribution in [0.15, 0.2) is 52.2 Å². The van der Waals surface area contributed by atoms with Gasteiger partial charge < -0.3 is 9.47 Å². The molecule has 0 atom stereocenters. The molecule has 0 aliphatic carbocycles. The molecule has 2 aromatic carbocycles. The number of aryl methyl sites for hydroxylation is 2. The Labute approximate surface area is 157 Å². The first kappa shape index (κ1) is 19.0. The number of aromatic nitrogens is 2. The summed E-state index contributed by atoms with van der Waals surface area (Å²) in [6, 6.07) is 11.7. The summed E-state index contributed by atoms with van der Waals surface area (Å²) in [6.07, 6.45) is 0. The van der Waals surface area contributed by atoms with Crippen molar-refractivity contribution in [2.24, 2.45) is 14.1 Å². The topological polar surface area (TPSA) is 91.6 Å². The molecule has 144 valence electrons. The quantitative estimate of drug-likeness (QED) is 0.612. The fourth-order valence-corrected chi connectivity index (χ4v) is 3.81. The zero-order chi connectivity index (χ0) is 19.6. The van der Waals surface area contributed by atoms with Gasteiger partial charge in [-0.05, 0) is 30.3 Å². The van der Waals surface area contributed by atoms with Crippen LogP contribution in [0.5, 0.6) is 11.5 Å². The van der Waals surface area contributed by atoms with Crippen LogP contribution in [0, 0.1) is 0 Å². The van der Waals surface area contributed by atoms with Gasteiger partial charge in [0.1, 0.15) is 18.1 Å². The van der Waals surface area contributed by atoms with Crippen LogP contribution in [0.1, 0.15) is 0 Å². The van der Waals surface area contributed by atoms with E-state index in [0.29, 0.717) is 22.5 Å². The molecule has 0 radical (unpaired) electrons. The van der Waals surface area contributed by atoms with E-state index in [1.165, 1.54) is 21.3 Å². The lowest BCUT2D eigenvalue weighted by Crippen LogP contribution is -2.28. The van der Waals surface area contributed by atoms with E-state index in [9.17, 15) is 13.2 Å². The molecule has 0 spiro atoms. The van der Waals surface area contributed by atoms with Gasteiger partial charge in [0.2, 0.25) is 10.0 Å². The van der Waals surface area contributed by atoms with E-state index in [2.05, 4.69) is 4.72 Å². The normalized spacial score (nSPS) is 11.7. The molecule has 0 fully saturated rings. The Hall–Kier alpha value is -2.78. The minimum atomic E-state index is -3.72. The van der Waals surface area contributed by atoms with Gasteiger partial charge in [-0.1, -0.05) is 6.07 Å². The lowest BCUT2D eigenvalue weighted by Gasteiger charge is -2.10. The van der Waals surface area contributed by atoms with Crippen LogP contribution in [-0.4, -0.2) is 37.8 Å². The van der Waals surface area contributed by atoms with Gasteiger partial charge in [0.15, 0.2) is 0 Å². The number of hydrogen-bond acceptors (Lipinski definition) is 5. The van der Waals surface area contributed by atoms with Crippen LogP contribution in [0.2, 0.25) is 0 Å². The average Bonchev–Trinajstić information content (AvgIpc) is 2.89. The highest BCUT2D eigenvalue weighted by molar-refractivity contribution is 7.89. The first-order valence-electron chi connectivity index (χ1n) is 8.25. The molecule has 1 heterocycles. The second kappa shape index (κ2) is 7.45. The molecular weight excluding hydrogens is 370 g/mol. The van der Waals surface area contributed by atoms with E-state index >= 15 is 0 Å². The van der Waals surface area contributed by atoms with Gasteiger partial charge in [-0.25, -0.2) is 17.9 Å². The highest BCUT2D eigenvalue weighted by Gasteiger charge is 2.16. The highest BCUT2D eigenvalue weighted by atomic mass is 32.2. The largest absolute Gasteiger partial charge is 0.497 e. The molecule has 9 heteroatoms. The summed E-state index contributed by atoms with van der Waals surface area (Å²) in [6.45, 7) is 0.268. The second-order valence-corrected chi connectivity index (χ2v) is 7.74. The molecule has 0 saturated carbocycles. The maximum Gasteiger partial charge on any atom is 0.328 e. The number of fused-ring (bicyclic) bond motifs is 1. The van der Waals surface area contributed by atoms with Gasteiger partial charge in [0, 0.05) is 26.7 Å². The van der Waals surface area contributed by atoms with Gasteiger partial charge in [-0.15, -0.1) is 0 Å². The predicted molar refractivity (Wildman–Crippen MR) is 102 cm³/mol. The first-order chi connectivity index (χ1) is 12.8. The molecule has 3 rings (SSSR count). The van der Waals surface area contributed by atoms with Crippen molar-refractivity contribution >= 4 is 21.1 Å². The molecule has 0 saturated heterocycles. The fraction of sp³-hybridized carbons (Fsp3) is 0.278. The van der Waals surface area contributed by atoms with Gasteiger partial charge in [-0.3, -0.25) is 9.13 Å². The molecule has 1 N–H and O–H groups in total. The number of methoxy groups -OCH3 is 1. The van der Waals surface area contributed by atoms with Crippen LogP contribution in [0.25, 0.3) is 11.0 Å². The SMILES string of the molecule is COc1cccc(OCCNS(=O)(=O)c2ccc3c(c2)n(C)c(=O)n3C)c1. The third kappa shape index (κ3) is 3.83. The van der Waals surface area contributed by atoms with Crippen LogP contribution in [0.3, 0.4) is 0 Å². The number of rotatable bonds is 7. The Morgan fingerprint density at radius 1 is 1.00 bits per heavy atom. The third-order valence-electron chi connectivity index (χ3n) is 4.26. The lowest BCUT2D eigenvalue weighted by atomic mass is 10.3. The van der Waals surface area contributed by atoms with Crippen LogP contribution >= 0.6 is 0 Å². The van der Waals surface area contributed by atoms with Crippen molar-refractivity contribution in [2.45, 2.75) is 4.90 Å². The van der Waals surface area contributed by atoms with Crippen LogP contribution in [-0.2, 0) is 24.1 Å². The number of hydrogen-bond donors (Lipinski definition) is 1. The summed E-state index contributed by atoms with van der Waals surface area (Å²) >= 11 is 0. The number of ether oxygens (including phenoxy) is 2. The van der Waals surface area contributed by atoms with Crippen molar-refractivity contribution in [1.29, 1.82) is 0 Å². The molecule has 27 heavy (non-hydrogen) atoms. The first-order valence-corrected chi connectivity index (χ1v) is 9.74. The fourth-order valence-electron chi connectivity index (χ4n) is 2.77. The summed E-state index contributed by atoms with van der Waals surface area (Å²) < 4.78 is 41.1. The molecule has 0 aliphatic heterocycles. The molecule has 0 amide bonds. The Balaban J connectivity index is 1.68. The summed E-state index contributed by atoms with van der Waals surface area (Å²) in [5.41, 5.74) is 1.01. The number of benzene rings is 2. The van der Waals surface area contributed by atoms with Crippen LogP contribution in [0.4, 0.5) is 0 Å². The molecule has 0 aliphatic rings. The maximum atomic E-state index is 12.5. The van der Waals surface area contributed by atoms with Gasteiger partial charge in [0.05, 0.1) is 23.0 Å². The summed E-state index contributed by atoms with van der Waals surface area (Å²) in [4.78, 5) is 12.1. The molecule has 0 unspecified atom stereocenters. The minimum absolute atomic E-state index is 0.0950. The Morgan fingerprint density at radius 3 is 2.44 bits per heavy atom. The maximum absolute atomic E-state index is 12.5. The second-order valence-electron chi connectivity index (χ2n) is 5.98. The van der Waals surface area contributed by atoms with Gasteiger partial charge in [0.25, 0.3) is 0 Å². The smallest absolute Gasteiger partial charge is 0.328 e. The van der Waals surface area contributed by atoms with Gasteiger partial charge in [-0.2, -0.15) is 0 Å². The number of sulfonamides is 1. The molecule has 3 aromatic rings.